The van der Waals surface area contributed by atoms with Gasteiger partial charge in [0.25, 0.3) is 5.56 Å². The number of benzene rings is 1. The van der Waals surface area contributed by atoms with Crippen molar-refractivity contribution in [2.24, 2.45) is 5.92 Å². The minimum Gasteiger partial charge on any atom is -0.493 e. The normalized spacial score (nSPS) is 22.0. The molecule has 3 heterocycles. The number of likely N-dealkylation sites (tertiary alicyclic amines) is 1. The number of pyridine rings is 1. The van der Waals surface area contributed by atoms with Crippen LogP contribution in [0.15, 0.2) is 39.6 Å². The lowest BCUT2D eigenvalue weighted by molar-refractivity contribution is 0.114. The Morgan fingerprint density at radius 3 is 2.65 bits per heavy atom. The highest BCUT2D eigenvalue weighted by Gasteiger charge is 2.34. The van der Waals surface area contributed by atoms with E-state index in [2.05, 4.69) is 26.9 Å². The highest BCUT2D eigenvalue weighted by molar-refractivity contribution is 9.10. The van der Waals surface area contributed by atoms with E-state index in [9.17, 15) is 4.79 Å². The Bertz CT molecular complexity index is 880. The molecule has 2 aromatic rings. The first-order valence-corrected chi connectivity index (χ1v) is 9.71. The molecular weight excluding hydrogens is 396 g/mol. The molecule has 0 aliphatic carbocycles. The fourth-order valence-corrected chi connectivity index (χ4v) is 4.83. The number of nitrogens with zero attached hydrogens (tertiary/aromatic N) is 2. The first kappa shape index (κ1) is 17.6. The molecule has 1 fully saturated rings. The average Bonchev–Trinajstić information content (AvgIpc) is 2.64. The zero-order valence-corrected chi connectivity index (χ0v) is 16.7. The maximum Gasteiger partial charge on any atom is 0.250 e. The van der Waals surface area contributed by atoms with Gasteiger partial charge in [0, 0.05) is 48.3 Å². The van der Waals surface area contributed by atoms with Gasteiger partial charge in [-0.2, -0.15) is 0 Å². The highest BCUT2D eigenvalue weighted by Crippen LogP contribution is 2.38. The Morgan fingerprint density at radius 2 is 1.88 bits per heavy atom. The zero-order chi connectivity index (χ0) is 18.3. The second-order valence-electron chi connectivity index (χ2n) is 7.19. The average molecular weight is 419 g/mol. The minimum atomic E-state index is 0.133. The largest absolute Gasteiger partial charge is 0.493 e. The molecule has 5 nitrogen and oxygen atoms in total. The van der Waals surface area contributed by atoms with Crippen molar-refractivity contribution >= 4 is 15.9 Å². The molecule has 0 amide bonds. The molecule has 0 unspecified atom stereocenters. The van der Waals surface area contributed by atoms with Crippen LogP contribution in [0.3, 0.4) is 0 Å². The molecule has 1 saturated heterocycles. The summed E-state index contributed by atoms with van der Waals surface area (Å²) >= 11 is 3.67. The van der Waals surface area contributed by atoms with Crippen molar-refractivity contribution in [2.75, 3.05) is 27.3 Å². The van der Waals surface area contributed by atoms with Gasteiger partial charge in [0.05, 0.1) is 14.2 Å². The molecule has 1 aromatic heterocycles. The Labute approximate surface area is 161 Å². The van der Waals surface area contributed by atoms with E-state index in [1.165, 1.54) is 17.7 Å². The lowest BCUT2D eigenvalue weighted by atomic mass is 9.83. The number of hydrogen-bond donors (Lipinski definition) is 0. The Balaban J connectivity index is 1.58. The van der Waals surface area contributed by atoms with E-state index in [0.29, 0.717) is 11.8 Å². The molecule has 2 aliphatic rings. The van der Waals surface area contributed by atoms with E-state index in [4.69, 9.17) is 9.47 Å². The third-order valence-electron chi connectivity index (χ3n) is 5.50. The van der Waals surface area contributed by atoms with Crippen molar-refractivity contribution < 1.29 is 9.47 Å². The van der Waals surface area contributed by atoms with E-state index in [1.54, 1.807) is 20.3 Å². The van der Waals surface area contributed by atoms with Crippen molar-refractivity contribution in [1.82, 2.24) is 9.47 Å². The summed E-state index contributed by atoms with van der Waals surface area (Å²) < 4.78 is 13.8. The second-order valence-corrected chi connectivity index (χ2v) is 8.05. The minimum absolute atomic E-state index is 0.133. The van der Waals surface area contributed by atoms with E-state index >= 15 is 0 Å². The first-order valence-electron chi connectivity index (χ1n) is 8.91. The number of fused-ring (bicyclic) bond motifs is 4. The quantitative estimate of drug-likeness (QED) is 0.764. The summed E-state index contributed by atoms with van der Waals surface area (Å²) in [5.74, 6) is 2.43. The van der Waals surface area contributed by atoms with Gasteiger partial charge in [-0.05, 0) is 36.1 Å². The summed E-state index contributed by atoms with van der Waals surface area (Å²) in [6.45, 7) is 3.67. The van der Waals surface area contributed by atoms with Crippen molar-refractivity contribution in [1.29, 1.82) is 0 Å². The molecule has 2 bridgehead atoms. The van der Waals surface area contributed by atoms with E-state index in [0.717, 1.165) is 42.2 Å². The molecule has 4 rings (SSSR count). The molecule has 6 heteroatoms. The molecule has 2 atom stereocenters. The van der Waals surface area contributed by atoms with Crippen LogP contribution in [-0.2, 0) is 13.1 Å². The molecule has 0 radical (unpaired) electrons. The van der Waals surface area contributed by atoms with Gasteiger partial charge in [-0.25, -0.2) is 0 Å². The molecular formula is C20H23BrN2O3. The lowest BCUT2D eigenvalue weighted by Gasteiger charge is -2.43. The predicted octanol–water partition coefficient (Wildman–Crippen LogP) is 3.25. The van der Waals surface area contributed by atoms with Crippen LogP contribution in [0.1, 0.15) is 23.6 Å². The van der Waals surface area contributed by atoms with Gasteiger partial charge in [-0.1, -0.05) is 22.0 Å². The fourth-order valence-electron chi connectivity index (χ4n) is 4.38. The number of methoxy groups -OCH3 is 2. The summed E-state index contributed by atoms with van der Waals surface area (Å²) in [5.41, 5.74) is 2.51. The molecule has 0 N–H and O–H groups in total. The van der Waals surface area contributed by atoms with Crippen molar-refractivity contribution in [2.45, 2.75) is 25.4 Å². The monoisotopic (exact) mass is 418 g/mol. The Morgan fingerprint density at radius 1 is 1.12 bits per heavy atom. The first-order chi connectivity index (χ1) is 12.6. The molecule has 0 spiro atoms. The Hall–Kier alpha value is -1.79. The smallest absolute Gasteiger partial charge is 0.250 e. The number of halogens is 1. The summed E-state index contributed by atoms with van der Waals surface area (Å²) in [6.07, 6.45) is 1.17. The van der Waals surface area contributed by atoms with Gasteiger partial charge in [0.15, 0.2) is 11.5 Å². The zero-order valence-electron chi connectivity index (χ0n) is 15.1. The SMILES string of the molecule is COc1cc(Br)c(CN2C[C@@H]3C[C@@H](C2)c2cccc(=O)n2C3)cc1OC. The highest BCUT2D eigenvalue weighted by atomic mass is 79.9. The summed E-state index contributed by atoms with van der Waals surface area (Å²) in [6, 6.07) is 9.68. The van der Waals surface area contributed by atoms with Crippen molar-refractivity contribution in [3.63, 3.8) is 0 Å². The van der Waals surface area contributed by atoms with Crippen LogP contribution in [0.4, 0.5) is 0 Å². The predicted molar refractivity (Wildman–Crippen MR) is 104 cm³/mol. The summed E-state index contributed by atoms with van der Waals surface area (Å²) in [7, 11) is 3.31. The third kappa shape index (κ3) is 3.16. The van der Waals surface area contributed by atoms with Gasteiger partial charge in [-0.3, -0.25) is 9.69 Å². The van der Waals surface area contributed by atoms with Crippen LogP contribution in [0.2, 0.25) is 0 Å². The van der Waals surface area contributed by atoms with Gasteiger partial charge < -0.3 is 14.0 Å². The van der Waals surface area contributed by atoms with Crippen LogP contribution in [-0.4, -0.2) is 36.8 Å². The van der Waals surface area contributed by atoms with E-state index < -0.39 is 0 Å². The van der Waals surface area contributed by atoms with Crippen LogP contribution >= 0.6 is 15.9 Å². The second kappa shape index (κ2) is 7.08. The van der Waals surface area contributed by atoms with Crippen LogP contribution < -0.4 is 15.0 Å². The van der Waals surface area contributed by atoms with Gasteiger partial charge in [0.2, 0.25) is 0 Å². The van der Waals surface area contributed by atoms with Gasteiger partial charge in [0.1, 0.15) is 0 Å². The standard InChI is InChI=1S/C20H23BrN2O3/c1-25-18-7-14(16(21)8-19(18)26-2)11-22-9-13-6-15(12-22)17-4-3-5-20(24)23(17)10-13/h3-5,7-8,13,15H,6,9-12H2,1-2H3/t13-,15-/m0/s1. The van der Waals surface area contributed by atoms with E-state index in [1.807, 2.05) is 22.8 Å². The fraction of sp³-hybridized carbons (Fsp3) is 0.450. The van der Waals surface area contributed by atoms with Crippen molar-refractivity contribution in [3.05, 3.63) is 56.4 Å². The lowest BCUT2D eigenvalue weighted by Crippen LogP contribution is -2.46. The maximum atomic E-state index is 12.2. The number of ether oxygens (including phenoxy) is 2. The molecule has 2 aliphatic heterocycles. The summed E-state index contributed by atoms with van der Waals surface area (Å²) in [5, 5.41) is 0. The molecule has 138 valence electrons. The van der Waals surface area contributed by atoms with E-state index in [-0.39, 0.29) is 5.56 Å². The van der Waals surface area contributed by atoms with Gasteiger partial charge in [-0.15, -0.1) is 0 Å². The topological polar surface area (TPSA) is 43.7 Å². The van der Waals surface area contributed by atoms with Crippen LogP contribution in [0.5, 0.6) is 11.5 Å². The molecule has 1 aromatic carbocycles. The van der Waals surface area contributed by atoms with Crippen molar-refractivity contribution in [3.8, 4) is 11.5 Å². The number of aromatic nitrogens is 1. The van der Waals surface area contributed by atoms with Gasteiger partial charge >= 0.3 is 0 Å². The van der Waals surface area contributed by atoms with Crippen LogP contribution in [0.25, 0.3) is 0 Å². The maximum absolute atomic E-state index is 12.2. The third-order valence-corrected chi connectivity index (χ3v) is 6.24. The molecule has 26 heavy (non-hydrogen) atoms. The number of hydrogen-bond acceptors (Lipinski definition) is 4. The Kier molecular flexibility index (Phi) is 4.80. The van der Waals surface area contributed by atoms with Crippen LogP contribution in [0, 0.1) is 5.92 Å². The number of piperidine rings is 1. The number of rotatable bonds is 4. The summed E-state index contributed by atoms with van der Waals surface area (Å²) in [4.78, 5) is 14.7. The molecule has 0 saturated carbocycles.